The van der Waals surface area contributed by atoms with E-state index < -0.39 is 6.10 Å². The predicted octanol–water partition coefficient (Wildman–Crippen LogP) is 2.41. The van der Waals surface area contributed by atoms with E-state index in [0.717, 1.165) is 24.8 Å². The number of hydrogen-bond donors (Lipinski definition) is 3. The number of carbonyl (C=O) groups is 2. The molecule has 2 aliphatic rings. The van der Waals surface area contributed by atoms with Crippen molar-refractivity contribution in [2.75, 3.05) is 26.2 Å². The molecule has 1 heterocycles. The van der Waals surface area contributed by atoms with Gasteiger partial charge < -0.3 is 20.6 Å². The molecule has 1 aliphatic carbocycles. The Labute approximate surface area is 174 Å². The number of amides is 2. The lowest BCUT2D eigenvalue weighted by molar-refractivity contribution is -0.134. The van der Waals surface area contributed by atoms with Gasteiger partial charge in [0.25, 0.3) is 5.91 Å². The normalized spacial score (nSPS) is 20.8. The molecule has 29 heavy (non-hydrogen) atoms. The second-order valence-electron chi connectivity index (χ2n) is 8.43. The Bertz CT molecular complexity index is 713. The Morgan fingerprint density at radius 3 is 2.69 bits per heavy atom. The third-order valence-electron chi connectivity index (χ3n) is 6.15. The van der Waals surface area contributed by atoms with Crippen LogP contribution in [0.3, 0.4) is 0 Å². The summed E-state index contributed by atoms with van der Waals surface area (Å²) in [6.07, 6.45) is 6.26. The zero-order valence-corrected chi connectivity index (χ0v) is 17.7. The Hall–Kier alpha value is -1.92. The van der Waals surface area contributed by atoms with E-state index in [4.69, 9.17) is 0 Å². The van der Waals surface area contributed by atoms with Gasteiger partial charge in [-0.3, -0.25) is 9.59 Å². The highest BCUT2D eigenvalue weighted by molar-refractivity contribution is 5.94. The molecule has 0 radical (unpaired) electrons. The summed E-state index contributed by atoms with van der Waals surface area (Å²) in [5, 5.41) is 15.4. The van der Waals surface area contributed by atoms with E-state index in [0.29, 0.717) is 31.1 Å². The molecule has 1 aliphatic heterocycles. The van der Waals surface area contributed by atoms with Crippen molar-refractivity contribution in [3.8, 4) is 0 Å². The molecule has 1 aromatic carbocycles. The van der Waals surface area contributed by atoms with Crippen molar-refractivity contribution in [1.29, 1.82) is 0 Å². The number of carbonyl (C=O) groups excluding carboxylic acids is 2. The van der Waals surface area contributed by atoms with Crippen molar-refractivity contribution >= 4 is 11.8 Å². The van der Waals surface area contributed by atoms with Crippen molar-refractivity contribution < 1.29 is 14.7 Å². The van der Waals surface area contributed by atoms with Crippen LogP contribution in [0.5, 0.6) is 0 Å². The first-order valence-corrected chi connectivity index (χ1v) is 11.1. The number of benzene rings is 1. The summed E-state index contributed by atoms with van der Waals surface area (Å²) in [5.41, 5.74) is 3.08. The maximum Gasteiger partial charge on any atom is 0.251 e. The summed E-state index contributed by atoms with van der Waals surface area (Å²) >= 11 is 0. The third-order valence-corrected chi connectivity index (χ3v) is 6.15. The van der Waals surface area contributed by atoms with Crippen molar-refractivity contribution in [1.82, 2.24) is 15.5 Å². The fourth-order valence-corrected chi connectivity index (χ4v) is 4.78. The molecule has 3 N–H and O–H groups in total. The molecular formula is C23H35N3O3. The first-order chi connectivity index (χ1) is 14.0. The predicted molar refractivity (Wildman–Crippen MR) is 114 cm³/mol. The van der Waals surface area contributed by atoms with Crippen LogP contribution in [0.15, 0.2) is 18.2 Å². The first-order valence-electron chi connectivity index (χ1n) is 11.1. The highest BCUT2D eigenvalue weighted by atomic mass is 16.3. The summed E-state index contributed by atoms with van der Waals surface area (Å²) in [7, 11) is 0. The van der Waals surface area contributed by atoms with Gasteiger partial charge in [0.2, 0.25) is 5.91 Å². The van der Waals surface area contributed by atoms with Crippen LogP contribution in [-0.2, 0) is 11.2 Å². The molecule has 0 aromatic heterocycles. The maximum atomic E-state index is 13.1. The molecule has 1 aromatic rings. The molecular weight excluding hydrogens is 366 g/mol. The molecule has 0 saturated heterocycles. The summed E-state index contributed by atoms with van der Waals surface area (Å²) in [6, 6.07) is 6.03. The lowest BCUT2D eigenvalue weighted by atomic mass is 9.76. The van der Waals surface area contributed by atoms with Crippen molar-refractivity contribution in [3.63, 3.8) is 0 Å². The van der Waals surface area contributed by atoms with Crippen LogP contribution in [-0.4, -0.2) is 54.1 Å². The molecule has 0 spiro atoms. The van der Waals surface area contributed by atoms with Gasteiger partial charge in [-0.2, -0.15) is 0 Å². The minimum Gasteiger partial charge on any atom is -0.392 e. The Morgan fingerprint density at radius 1 is 1.24 bits per heavy atom. The zero-order chi connectivity index (χ0) is 20.8. The van der Waals surface area contributed by atoms with Gasteiger partial charge in [0.1, 0.15) is 0 Å². The van der Waals surface area contributed by atoms with Gasteiger partial charge in [-0.25, -0.2) is 0 Å². The second-order valence-corrected chi connectivity index (χ2v) is 8.43. The van der Waals surface area contributed by atoms with E-state index >= 15 is 0 Å². The lowest BCUT2D eigenvalue weighted by Crippen LogP contribution is -2.47. The average molecular weight is 402 g/mol. The number of rotatable bonds is 7. The van der Waals surface area contributed by atoms with Gasteiger partial charge in [0.15, 0.2) is 0 Å². The van der Waals surface area contributed by atoms with Crippen LogP contribution < -0.4 is 10.6 Å². The number of aliphatic hydroxyl groups excluding tert-OH is 1. The van der Waals surface area contributed by atoms with Crippen LogP contribution in [0.1, 0.15) is 73.5 Å². The topological polar surface area (TPSA) is 81.7 Å². The van der Waals surface area contributed by atoms with Crippen LogP contribution in [0.2, 0.25) is 0 Å². The van der Waals surface area contributed by atoms with E-state index in [-0.39, 0.29) is 24.4 Å². The van der Waals surface area contributed by atoms with Crippen LogP contribution in [0.4, 0.5) is 0 Å². The highest BCUT2D eigenvalue weighted by Gasteiger charge is 2.37. The average Bonchev–Trinajstić information content (AvgIpc) is 2.73. The molecule has 160 valence electrons. The molecule has 6 heteroatoms. The monoisotopic (exact) mass is 401 g/mol. The number of fused-ring (bicyclic) bond motifs is 1. The number of nitrogens with one attached hydrogen (secondary N) is 2. The van der Waals surface area contributed by atoms with E-state index in [2.05, 4.69) is 16.7 Å². The van der Waals surface area contributed by atoms with Gasteiger partial charge in [-0.05, 0) is 62.3 Å². The number of hydrogen-bond acceptors (Lipinski definition) is 4. The molecule has 1 fully saturated rings. The molecule has 1 unspecified atom stereocenters. The van der Waals surface area contributed by atoms with Gasteiger partial charge in [0.05, 0.1) is 18.7 Å². The van der Waals surface area contributed by atoms with Crippen LogP contribution in [0, 0.1) is 5.92 Å². The van der Waals surface area contributed by atoms with Crippen molar-refractivity contribution in [3.05, 3.63) is 34.9 Å². The van der Waals surface area contributed by atoms with E-state index in [1.165, 1.54) is 24.8 Å². The van der Waals surface area contributed by atoms with Gasteiger partial charge in [0, 0.05) is 25.2 Å². The second kappa shape index (κ2) is 10.2. The SMILES string of the molecule is CCNC(=O)c1ccc2c(c1)C(C1CCCCC1)N(C(=O)CNC[C@@H](C)O)CC2. The fraction of sp³-hybridized carbons (Fsp3) is 0.652. The van der Waals surface area contributed by atoms with Gasteiger partial charge in [-0.1, -0.05) is 25.3 Å². The molecule has 6 nitrogen and oxygen atoms in total. The minimum atomic E-state index is -0.473. The lowest BCUT2D eigenvalue weighted by Gasteiger charge is -2.43. The Balaban J connectivity index is 1.88. The number of aliphatic hydroxyl groups is 1. The van der Waals surface area contributed by atoms with Crippen molar-refractivity contribution in [2.45, 2.75) is 64.5 Å². The van der Waals surface area contributed by atoms with E-state index in [9.17, 15) is 14.7 Å². The van der Waals surface area contributed by atoms with E-state index in [1.807, 2.05) is 24.0 Å². The maximum absolute atomic E-state index is 13.1. The summed E-state index contributed by atoms with van der Waals surface area (Å²) in [6.45, 7) is 5.58. The first kappa shape index (κ1) is 21.8. The molecule has 1 saturated carbocycles. The van der Waals surface area contributed by atoms with Crippen LogP contribution >= 0.6 is 0 Å². The summed E-state index contributed by atoms with van der Waals surface area (Å²) in [5.74, 6) is 0.461. The van der Waals surface area contributed by atoms with E-state index in [1.54, 1.807) is 6.92 Å². The smallest absolute Gasteiger partial charge is 0.251 e. The standard InChI is InChI=1S/C23H35N3O3/c1-3-25-23(29)19-10-9-17-11-12-26(21(28)15-24-14-16(2)27)22(20(17)13-19)18-7-5-4-6-8-18/h9-10,13,16,18,22,24,27H,3-8,11-12,14-15H2,1-2H3,(H,25,29)/t16-,22?/m1/s1. The summed E-state index contributed by atoms with van der Waals surface area (Å²) < 4.78 is 0. The largest absolute Gasteiger partial charge is 0.392 e. The minimum absolute atomic E-state index is 0.0364. The van der Waals surface area contributed by atoms with Gasteiger partial charge >= 0.3 is 0 Å². The van der Waals surface area contributed by atoms with Crippen LogP contribution in [0.25, 0.3) is 0 Å². The third kappa shape index (κ3) is 5.37. The van der Waals surface area contributed by atoms with Crippen molar-refractivity contribution in [2.24, 2.45) is 5.92 Å². The highest BCUT2D eigenvalue weighted by Crippen LogP contribution is 2.42. The molecule has 2 atom stereocenters. The Morgan fingerprint density at radius 2 is 2.00 bits per heavy atom. The quantitative estimate of drug-likeness (QED) is 0.655. The molecule has 3 rings (SSSR count). The fourth-order valence-electron chi connectivity index (χ4n) is 4.78. The van der Waals surface area contributed by atoms with Gasteiger partial charge in [-0.15, -0.1) is 0 Å². The summed E-state index contributed by atoms with van der Waals surface area (Å²) in [4.78, 5) is 27.5. The zero-order valence-electron chi connectivity index (χ0n) is 17.7. The molecule has 2 amide bonds. The molecule has 0 bridgehead atoms. The number of nitrogens with zero attached hydrogens (tertiary/aromatic N) is 1. The Kier molecular flexibility index (Phi) is 7.67.